The topological polar surface area (TPSA) is 83.5 Å². The second-order valence-electron chi connectivity index (χ2n) is 6.91. The van der Waals surface area contributed by atoms with Crippen LogP contribution in [-0.4, -0.2) is 22.5 Å². The minimum absolute atomic E-state index is 0.00860. The van der Waals surface area contributed by atoms with E-state index in [9.17, 15) is 9.59 Å². The average molecular weight is 443 g/mol. The van der Waals surface area contributed by atoms with E-state index in [4.69, 9.17) is 23.2 Å². The molecule has 1 heterocycles. The number of halogens is 2. The Morgan fingerprint density at radius 3 is 2.57 bits per heavy atom. The first kappa shape index (κ1) is 21.7. The molecule has 8 heteroatoms. The maximum absolute atomic E-state index is 12.6. The third-order valence-corrected chi connectivity index (χ3v) is 5.19. The van der Waals surface area contributed by atoms with Crippen molar-refractivity contribution in [3.63, 3.8) is 0 Å². The minimum atomic E-state index is -0.382. The summed E-state index contributed by atoms with van der Waals surface area (Å²) >= 11 is 11.8. The Morgan fingerprint density at radius 1 is 1.07 bits per heavy atom. The summed E-state index contributed by atoms with van der Waals surface area (Å²) in [5.41, 5.74) is 6.43. The van der Waals surface area contributed by atoms with E-state index < -0.39 is 0 Å². The highest BCUT2D eigenvalue weighted by Crippen LogP contribution is 2.25. The van der Waals surface area contributed by atoms with Gasteiger partial charge in [-0.1, -0.05) is 41.4 Å². The van der Waals surface area contributed by atoms with Gasteiger partial charge in [-0.05, 0) is 50.6 Å². The van der Waals surface area contributed by atoms with Gasteiger partial charge in [-0.15, -0.1) is 0 Å². The van der Waals surface area contributed by atoms with Crippen molar-refractivity contribution in [2.75, 3.05) is 5.32 Å². The number of amides is 2. The van der Waals surface area contributed by atoms with Crippen molar-refractivity contribution in [1.82, 2.24) is 10.4 Å². The number of pyridine rings is 1. The highest BCUT2D eigenvalue weighted by Gasteiger charge is 2.13. The van der Waals surface area contributed by atoms with Gasteiger partial charge in [0, 0.05) is 16.8 Å². The molecule has 1 aromatic heterocycles. The van der Waals surface area contributed by atoms with Crippen LogP contribution in [0.25, 0.3) is 10.9 Å². The molecule has 0 fully saturated rings. The van der Waals surface area contributed by atoms with Gasteiger partial charge in [-0.2, -0.15) is 5.10 Å². The fourth-order valence-corrected chi connectivity index (χ4v) is 3.22. The highest BCUT2D eigenvalue weighted by atomic mass is 35.5. The van der Waals surface area contributed by atoms with Crippen molar-refractivity contribution in [2.45, 2.75) is 27.2 Å². The van der Waals surface area contributed by atoms with Gasteiger partial charge in [0.25, 0.3) is 5.91 Å². The summed E-state index contributed by atoms with van der Waals surface area (Å²) in [6.07, 6.45) is 0.00860. The van der Waals surface area contributed by atoms with Gasteiger partial charge in [0.1, 0.15) is 0 Å². The molecular weight excluding hydrogens is 423 g/mol. The number of hydrazone groups is 1. The first-order valence-corrected chi connectivity index (χ1v) is 9.95. The predicted molar refractivity (Wildman–Crippen MR) is 122 cm³/mol. The van der Waals surface area contributed by atoms with Crippen molar-refractivity contribution in [3.8, 4) is 0 Å². The van der Waals surface area contributed by atoms with Gasteiger partial charge in [-0.25, -0.2) is 5.43 Å². The van der Waals surface area contributed by atoms with Crippen LogP contribution in [0.3, 0.4) is 0 Å². The highest BCUT2D eigenvalue weighted by molar-refractivity contribution is 6.42. The molecule has 0 aliphatic heterocycles. The summed E-state index contributed by atoms with van der Waals surface area (Å²) < 4.78 is 0. The lowest BCUT2D eigenvalue weighted by molar-refractivity contribution is -0.115. The van der Waals surface area contributed by atoms with Gasteiger partial charge in [0.2, 0.25) is 5.91 Å². The first-order chi connectivity index (χ1) is 14.2. The van der Waals surface area contributed by atoms with Crippen LogP contribution in [0.5, 0.6) is 0 Å². The Hall–Kier alpha value is -2.96. The molecule has 0 bridgehead atoms. The summed E-state index contributed by atoms with van der Waals surface area (Å²) in [6, 6.07) is 12.4. The number of aryl methyl sites for hydroxylation is 2. The molecule has 3 aromatic rings. The zero-order valence-electron chi connectivity index (χ0n) is 16.7. The fourth-order valence-electron chi connectivity index (χ4n) is 2.93. The smallest absolute Gasteiger partial charge is 0.273 e. The number of hydrogen-bond donors (Lipinski definition) is 2. The molecule has 3 rings (SSSR count). The molecular formula is C22H20Cl2N4O2. The van der Waals surface area contributed by atoms with Crippen LogP contribution in [-0.2, 0) is 4.79 Å². The number of anilines is 1. The lowest BCUT2D eigenvalue weighted by atomic mass is 10.1. The summed E-state index contributed by atoms with van der Waals surface area (Å²) in [5, 5.41) is 8.38. The molecule has 2 N–H and O–H groups in total. The lowest BCUT2D eigenvalue weighted by Gasteiger charge is -2.09. The van der Waals surface area contributed by atoms with Crippen LogP contribution >= 0.6 is 23.2 Å². The molecule has 0 aliphatic rings. The normalized spacial score (nSPS) is 11.4. The third kappa shape index (κ3) is 5.14. The van der Waals surface area contributed by atoms with E-state index in [1.54, 1.807) is 38.1 Å². The van der Waals surface area contributed by atoms with E-state index in [2.05, 4.69) is 20.8 Å². The molecule has 0 unspecified atom stereocenters. The predicted octanol–water partition coefficient (Wildman–Crippen LogP) is 5.29. The molecule has 0 radical (unpaired) electrons. The molecule has 6 nitrogen and oxygen atoms in total. The number of nitrogens with one attached hydrogen (secondary N) is 2. The molecule has 30 heavy (non-hydrogen) atoms. The Kier molecular flexibility index (Phi) is 6.70. The summed E-state index contributed by atoms with van der Waals surface area (Å²) in [5.74, 6) is -0.671. The van der Waals surface area contributed by atoms with Crippen LogP contribution in [0, 0.1) is 13.8 Å². The van der Waals surface area contributed by atoms with Crippen LogP contribution in [0.2, 0.25) is 10.0 Å². The molecule has 0 atom stereocenters. The maximum Gasteiger partial charge on any atom is 0.273 e. The van der Waals surface area contributed by atoms with Gasteiger partial charge in [-0.3, -0.25) is 14.6 Å². The molecule has 0 saturated heterocycles. The molecule has 0 aliphatic carbocycles. The second-order valence-corrected chi connectivity index (χ2v) is 7.72. The van der Waals surface area contributed by atoms with Crippen molar-refractivity contribution in [1.29, 1.82) is 0 Å². The zero-order valence-corrected chi connectivity index (χ0v) is 18.2. The number of hydrogen-bond acceptors (Lipinski definition) is 4. The number of carbonyl (C=O) groups excluding carboxylic acids is 2. The number of aromatic nitrogens is 1. The van der Waals surface area contributed by atoms with E-state index >= 15 is 0 Å². The number of fused-ring (bicyclic) bond motifs is 1. The number of rotatable bonds is 5. The summed E-state index contributed by atoms with van der Waals surface area (Å²) in [6.45, 7) is 5.41. The SMILES string of the molecule is C/C(CC(=O)Nc1ccc(Cl)c(Cl)c1)=N\NC(=O)c1cc2cccc(C)c2nc1C. The fraction of sp³-hybridized carbons (Fsp3) is 0.182. The van der Waals surface area contributed by atoms with Gasteiger partial charge in [0.15, 0.2) is 0 Å². The minimum Gasteiger partial charge on any atom is -0.326 e. The van der Waals surface area contributed by atoms with E-state index in [-0.39, 0.29) is 18.2 Å². The van der Waals surface area contributed by atoms with Crippen LogP contribution in [0.15, 0.2) is 47.6 Å². The van der Waals surface area contributed by atoms with E-state index in [0.717, 1.165) is 16.5 Å². The molecule has 2 aromatic carbocycles. The molecule has 154 valence electrons. The van der Waals surface area contributed by atoms with Crippen molar-refractivity contribution in [2.24, 2.45) is 5.10 Å². The third-order valence-electron chi connectivity index (χ3n) is 4.45. The first-order valence-electron chi connectivity index (χ1n) is 9.20. The number of carbonyl (C=O) groups is 2. The Morgan fingerprint density at radius 2 is 1.83 bits per heavy atom. The van der Waals surface area contributed by atoms with Crippen LogP contribution < -0.4 is 10.7 Å². The Labute approximate surface area is 184 Å². The number of nitrogens with zero attached hydrogens (tertiary/aromatic N) is 2. The Balaban J connectivity index is 1.65. The van der Waals surface area contributed by atoms with Crippen molar-refractivity contribution < 1.29 is 9.59 Å². The van der Waals surface area contributed by atoms with Gasteiger partial charge < -0.3 is 5.32 Å². The van der Waals surface area contributed by atoms with E-state index in [1.165, 1.54) is 0 Å². The zero-order chi connectivity index (χ0) is 21.8. The number of benzene rings is 2. The van der Waals surface area contributed by atoms with Crippen LogP contribution in [0.1, 0.15) is 35.0 Å². The van der Waals surface area contributed by atoms with Crippen molar-refractivity contribution >= 4 is 57.3 Å². The lowest BCUT2D eigenvalue weighted by Crippen LogP contribution is -2.22. The number of para-hydroxylation sites is 1. The molecule has 0 spiro atoms. The van der Waals surface area contributed by atoms with E-state index in [1.807, 2.05) is 25.1 Å². The monoisotopic (exact) mass is 442 g/mol. The van der Waals surface area contributed by atoms with Crippen molar-refractivity contribution in [3.05, 3.63) is 69.3 Å². The largest absolute Gasteiger partial charge is 0.326 e. The van der Waals surface area contributed by atoms with Gasteiger partial charge >= 0.3 is 0 Å². The quantitative estimate of drug-likeness (QED) is 0.415. The molecule has 2 amide bonds. The summed E-state index contributed by atoms with van der Waals surface area (Å²) in [7, 11) is 0. The van der Waals surface area contributed by atoms with E-state index in [0.29, 0.717) is 32.7 Å². The average Bonchev–Trinajstić information content (AvgIpc) is 2.69. The van der Waals surface area contributed by atoms with Gasteiger partial charge in [0.05, 0.1) is 33.2 Å². The second kappa shape index (κ2) is 9.24. The Bertz CT molecular complexity index is 1180. The molecule has 0 saturated carbocycles. The maximum atomic E-state index is 12.6. The standard InChI is InChI=1S/C22H20Cl2N4O2/c1-12-5-4-6-15-10-17(14(3)25-21(12)15)22(30)28-27-13(2)9-20(29)26-16-7-8-18(23)19(24)11-16/h4-8,10-11H,9H2,1-3H3,(H,26,29)(H,28,30)/b27-13+. The summed E-state index contributed by atoms with van der Waals surface area (Å²) in [4.78, 5) is 29.3. The van der Waals surface area contributed by atoms with Crippen LogP contribution in [0.4, 0.5) is 5.69 Å².